The van der Waals surface area contributed by atoms with E-state index in [1.807, 2.05) is 48.5 Å². The van der Waals surface area contributed by atoms with Crippen molar-refractivity contribution in [3.8, 4) is 5.75 Å². The maximum atomic E-state index is 12.2. The lowest BCUT2D eigenvalue weighted by Crippen LogP contribution is -2.41. The maximum Gasteiger partial charge on any atom is 0.458 e. The molecule has 29 heavy (non-hydrogen) atoms. The van der Waals surface area contributed by atoms with Gasteiger partial charge in [0, 0.05) is 0 Å². The molecular weight excluding hydrogens is 363 g/mol. The molecule has 0 unspecified atom stereocenters. The molecule has 2 aromatic rings. The Labute approximate surface area is 174 Å². The van der Waals surface area contributed by atoms with Gasteiger partial charge < -0.3 is 14.0 Å². The van der Waals surface area contributed by atoms with E-state index in [4.69, 9.17) is 14.0 Å². The zero-order valence-corrected chi connectivity index (χ0v) is 17.7. The maximum absolute atomic E-state index is 12.2. The van der Waals surface area contributed by atoms with E-state index in [-0.39, 0.29) is 30.2 Å². The molecule has 0 amide bonds. The zero-order chi connectivity index (χ0) is 21.1. The second kappa shape index (κ2) is 8.56. The van der Waals surface area contributed by atoms with Gasteiger partial charge >= 0.3 is 13.1 Å². The molecule has 0 bridgehead atoms. The van der Waals surface area contributed by atoms with E-state index in [1.54, 1.807) is 12.1 Å². The summed E-state index contributed by atoms with van der Waals surface area (Å²) in [7, 11) is -0.263. The number of hydrogen-bond donors (Lipinski definition) is 0. The van der Waals surface area contributed by atoms with Crippen molar-refractivity contribution in [2.24, 2.45) is 0 Å². The van der Waals surface area contributed by atoms with Crippen LogP contribution >= 0.6 is 0 Å². The average molecular weight is 392 g/mol. The van der Waals surface area contributed by atoms with Gasteiger partial charge in [0.05, 0.1) is 16.8 Å². The van der Waals surface area contributed by atoms with Crippen LogP contribution in [0.4, 0.5) is 0 Å². The van der Waals surface area contributed by atoms with E-state index in [2.05, 4.69) is 34.3 Å². The van der Waals surface area contributed by atoms with E-state index in [0.29, 0.717) is 11.3 Å². The fourth-order valence-corrected chi connectivity index (χ4v) is 3.41. The molecule has 0 N–H and O–H groups in total. The van der Waals surface area contributed by atoms with Gasteiger partial charge in [0.15, 0.2) is 0 Å². The second-order valence-corrected chi connectivity index (χ2v) is 8.47. The molecule has 3 rings (SSSR count). The van der Waals surface area contributed by atoms with Crippen molar-refractivity contribution in [1.29, 1.82) is 0 Å². The van der Waals surface area contributed by atoms with Crippen molar-refractivity contribution < 1.29 is 18.8 Å². The summed E-state index contributed by atoms with van der Waals surface area (Å²) in [6, 6.07) is 16.6. The molecule has 0 spiro atoms. The summed E-state index contributed by atoms with van der Waals surface area (Å²) in [6.45, 7) is 12.1. The molecular formula is C24H29BO4. The second-order valence-electron chi connectivity index (χ2n) is 8.47. The van der Waals surface area contributed by atoms with Crippen LogP contribution in [-0.2, 0) is 9.31 Å². The molecule has 0 saturated carbocycles. The molecule has 1 fully saturated rings. The number of carbonyl (C=O) groups is 1. The first-order valence-corrected chi connectivity index (χ1v) is 10.1. The van der Waals surface area contributed by atoms with Crippen molar-refractivity contribution in [3.05, 3.63) is 78.4 Å². The van der Waals surface area contributed by atoms with Crippen molar-refractivity contribution >= 4 is 13.1 Å². The minimum atomic E-state index is -0.363. The highest BCUT2D eigenvalue weighted by atomic mass is 16.7. The standard InChI is InChI=1S/C24H29BO4/c1-6-10-20(17-25-28-23(2,3)24(4,5)29-25)18-13-15-21(16-14-18)27-22(26)19-11-8-7-9-12-19/h6-9,11-16,20H,1,10,17H2,2-5H3/t20-/m1/s1. The fourth-order valence-electron chi connectivity index (χ4n) is 3.41. The average Bonchev–Trinajstić information content (AvgIpc) is 2.89. The summed E-state index contributed by atoms with van der Waals surface area (Å²) in [4.78, 5) is 12.2. The minimum Gasteiger partial charge on any atom is -0.423 e. The fraction of sp³-hybridized carbons (Fsp3) is 0.375. The summed E-state index contributed by atoms with van der Waals surface area (Å²) >= 11 is 0. The predicted molar refractivity (Wildman–Crippen MR) is 116 cm³/mol. The van der Waals surface area contributed by atoms with Crippen molar-refractivity contribution in [1.82, 2.24) is 0 Å². The SMILES string of the molecule is C=CC[C@H](CB1OC(C)(C)C(C)(C)O1)c1ccc(OC(=O)c2ccccc2)cc1. The summed E-state index contributed by atoms with van der Waals surface area (Å²) in [6.07, 6.45) is 3.47. The van der Waals surface area contributed by atoms with Gasteiger partial charge in [-0.05, 0) is 76.2 Å². The van der Waals surface area contributed by atoms with Gasteiger partial charge in [0.25, 0.3) is 0 Å². The molecule has 4 nitrogen and oxygen atoms in total. The molecule has 1 aliphatic rings. The lowest BCUT2D eigenvalue weighted by Gasteiger charge is -2.32. The first-order valence-electron chi connectivity index (χ1n) is 10.1. The van der Waals surface area contributed by atoms with Gasteiger partial charge in [-0.15, -0.1) is 6.58 Å². The van der Waals surface area contributed by atoms with Crippen LogP contribution in [0.15, 0.2) is 67.3 Å². The Morgan fingerprint density at radius 1 is 1.03 bits per heavy atom. The highest BCUT2D eigenvalue weighted by molar-refractivity contribution is 6.45. The van der Waals surface area contributed by atoms with E-state index >= 15 is 0 Å². The van der Waals surface area contributed by atoms with Crippen LogP contribution < -0.4 is 4.74 Å². The molecule has 1 aliphatic heterocycles. The Bertz CT molecular complexity index is 827. The van der Waals surface area contributed by atoms with Crippen molar-refractivity contribution in [2.75, 3.05) is 0 Å². The van der Waals surface area contributed by atoms with Crippen LogP contribution in [0.3, 0.4) is 0 Å². The third-order valence-electron chi connectivity index (χ3n) is 5.80. The van der Waals surface area contributed by atoms with Crippen LogP contribution in [0.25, 0.3) is 0 Å². The first-order chi connectivity index (χ1) is 13.7. The zero-order valence-electron chi connectivity index (χ0n) is 17.7. The molecule has 152 valence electrons. The Hall–Kier alpha value is -2.37. The van der Waals surface area contributed by atoms with Crippen LogP contribution in [0.2, 0.25) is 6.32 Å². The Morgan fingerprint density at radius 3 is 2.17 bits per heavy atom. The predicted octanol–water partition coefficient (Wildman–Crippen LogP) is 5.66. The smallest absolute Gasteiger partial charge is 0.423 e. The summed E-state index contributed by atoms with van der Waals surface area (Å²) in [5.74, 6) is 0.370. The van der Waals surface area contributed by atoms with Gasteiger partial charge in [0.1, 0.15) is 5.75 Å². The van der Waals surface area contributed by atoms with Gasteiger partial charge in [0.2, 0.25) is 0 Å². The highest BCUT2D eigenvalue weighted by Gasteiger charge is 2.51. The topological polar surface area (TPSA) is 44.8 Å². The Kier molecular flexibility index (Phi) is 6.30. The monoisotopic (exact) mass is 392 g/mol. The third-order valence-corrected chi connectivity index (χ3v) is 5.80. The van der Waals surface area contributed by atoms with Gasteiger partial charge in [-0.1, -0.05) is 36.4 Å². The molecule has 1 saturated heterocycles. The van der Waals surface area contributed by atoms with E-state index in [0.717, 1.165) is 18.3 Å². The number of hydrogen-bond acceptors (Lipinski definition) is 4. The van der Waals surface area contributed by atoms with Gasteiger partial charge in [-0.3, -0.25) is 0 Å². The third kappa shape index (κ3) is 4.98. The van der Waals surface area contributed by atoms with E-state index in [1.165, 1.54) is 0 Å². The molecule has 1 atom stereocenters. The van der Waals surface area contributed by atoms with Gasteiger partial charge in [-0.2, -0.15) is 0 Å². The van der Waals surface area contributed by atoms with E-state index < -0.39 is 0 Å². The van der Waals surface area contributed by atoms with Crippen LogP contribution in [0.5, 0.6) is 5.75 Å². The Balaban J connectivity index is 1.67. The minimum absolute atomic E-state index is 0.209. The molecule has 0 aliphatic carbocycles. The number of rotatable bonds is 7. The summed E-state index contributed by atoms with van der Waals surface area (Å²) in [5, 5.41) is 0. The van der Waals surface area contributed by atoms with Crippen molar-refractivity contribution in [2.45, 2.75) is 57.6 Å². The number of carbonyl (C=O) groups excluding carboxylic acids is 1. The van der Waals surface area contributed by atoms with Gasteiger partial charge in [-0.25, -0.2) is 4.79 Å². The van der Waals surface area contributed by atoms with Crippen LogP contribution in [0, 0.1) is 0 Å². The number of esters is 1. The summed E-state index contributed by atoms with van der Waals surface area (Å²) < 4.78 is 17.8. The normalized spacial score (nSPS) is 18.3. The molecule has 0 radical (unpaired) electrons. The lowest BCUT2D eigenvalue weighted by molar-refractivity contribution is 0.00578. The Morgan fingerprint density at radius 2 is 1.62 bits per heavy atom. The van der Waals surface area contributed by atoms with Crippen molar-refractivity contribution in [3.63, 3.8) is 0 Å². The molecule has 1 heterocycles. The number of allylic oxidation sites excluding steroid dienone is 1. The number of benzene rings is 2. The lowest BCUT2D eigenvalue weighted by atomic mass is 9.73. The molecule has 5 heteroatoms. The molecule has 2 aromatic carbocycles. The summed E-state index contributed by atoms with van der Waals surface area (Å²) in [5.41, 5.74) is 0.985. The quantitative estimate of drug-likeness (QED) is 0.264. The van der Waals surface area contributed by atoms with Crippen LogP contribution in [-0.4, -0.2) is 24.3 Å². The van der Waals surface area contributed by atoms with Crippen LogP contribution in [0.1, 0.15) is 56.0 Å². The van der Waals surface area contributed by atoms with E-state index in [9.17, 15) is 4.79 Å². The molecule has 0 aromatic heterocycles. The number of ether oxygens (including phenoxy) is 1. The first kappa shape index (κ1) is 21.3. The largest absolute Gasteiger partial charge is 0.458 e. The highest BCUT2D eigenvalue weighted by Crippen LogP contribution is 2.40.